The van der Waals surface area contributed by atoms with Crippen molar-refractivity contribution in [2.24, 2.45) is 0 Å². The number of phenolic OH excluding ortho intramolecular Hbond substituents is 2. The Kier molecular flexibility index (Phi) is 2.04. The smallest absolute Gasteiger partial charge is 0.342 e. The summed E-state index contributed by atoms with van der Waals surface area (Å²) in [4.78, 5) is 11.4. The van der Waals surface area contributed by atoms with E-state index >= 15 is 0 Å². The van der Waals surface area contributed by atoms with E-state index in [4.69, 9.17) is 4.74 Å². The van der Waals surface area contributed by atoms with E-state index in [1.54, 1.807) is 0 Å². The van der Waals surface area contributed by atoms with Crippen molar-refractivity contribution in [1.82, 2.24) is 0 Å². The van der Waals surface area contributed by atoms with Gasteiger partial charge < -0.3 is 20.1 Å². The summed E-state index contributed by atoms with van der Waals surface area (Å²) in [5.41, 5.74) is 0.106. The number of phenols is 2. The number of carbonyl (C=O) groups excluding carboxylic acids is 1. The fraction of sp³-hybridized carbons (Fsp3) is 0.300. The van der Waals surface area contributed by atoms with Crippen molar-refractivity contribution in [2.45, 2.75) is 19.1 Å². The van der Waals surface area contributed by atoms with Gasteiger partial charge in [-0.3, -0.25) is 0 Å². The molecule has 5 nitrogen and oxygen atoms in total. The first-order valence-electron chi connectivity index (χ1n) is 4.45. The Balaban J connectivity index is 2.65. The van der Waals surface area contributed by atoms with Crippen LogP contribution >= 0.6 is 0 Å². The SMILES string of the molecule is C[C@@H]1OC(=O)c2c(O)cc(O)cc2[C@@H]1O. The third kappa shape index (κ3) is 1.41. The maximum atomic E-state index is 11.4. The van der Waals surface area contributed by atoms with E-state index in [0.29, 0.717) is 0 Å². The van der Waals surface area contributed by atoms with Crippen LogP contribution in [0.3, 0.4) is 0 Å². The second kappa shape index (κ2) is 3.13. The molecule has 3 N–H and O–H groups in total. The minimum atomic E-state index is -1.03. The topological polar surface area (TPSA) is 87.0 Å². The Bertz CT molecular complexity index is 426. The summed E-state index contributed by atoms with van der Waals surface area (Å²) < 4.78 is 4.82. The Hall–Kier alpha value is -1.75. The largest absolute Gasteiger partial charge is 0.508 e. The molecule has 0 aromatic heterocycles. The van der Waals surface area contributed by atoms with E-state index < -0.39 is 18.2 Å². The molecule has 0 aliphatic carbocycles. The number of ether oxygens (including phenoxy) is 1. The standard InChI is InChI=1S/C10H10O5/c1-4-9(13)6-2-5(11)3-7(12)8(6)10(14)15-4/h2-4,9,11-13H,1H3/t4-,9+/m0/s1. The number of aliphatic hydroxyl groups is 1. The normalized spacial score (nSPS) is 24.5. The molecule has 5 heteroatoms. The summed E-state index contributed by atoms with van der Waals surface area (Å²) in [5.74, 6) is -1.28. The van der Waals surface area contributed by atoms with Gasteiger partial charge in [0.25, 0.3) is 0 Å². The number of carbonyl (C=O) groups is 1. The highest BCUT2D eigenvalue weighted by atomic mass is 16.6. The van der Waals surface area contributed by atoms with Gasteiger partial charge in [-0.05, 0) is 13.0 Å². The van der Waals surface area contributed by atoms with Crippen LogP contribution in [-0.2, 0) is 4.74 Å². The van der Waals surface area contributed by atoms with Crippen molar-refractivity contribution in [1.29, 1.82) is 0 Å². The van der Waals surface area contributed by atoms with E-state index in [9.17, 15) is 20.1 Å². The average molecular weight is 210 g/mol. The summed E-state index contributed by atoms with van der Waals surface area (Å²) in [6, 6.07) is 2.28. The van der Waals surface area contributed by atoms with Crippen molar-refractivity contribution in [3.8, 4) is 11.5 Å². The van der Waals surface area contributed by atoms with Crippen LogP contribution in [0, 0.1) is 0 Å². The van der Waals surface area contributed by atoms with Crippen LogP contribution < -0.4 is 0 Å². The number of benzene rings is 1. The number of aromatic hydroxyl groups is 2. The molecular weight excluding hydrogens is 200 g/mol. The monoisotopic (exact) mass is 210 g/mol. The minimum absolute atomic E-state index is 0.0848. The average Bonchev–Trinajstić information content (AvgIpc) is 2.12. The second-order valence-corrected chi connectivity index (χ2v) is 3.48. The fourth-order valence-corrected chi connectivity index (χ4v) is 1.63. The number of fused-ring (bicyclic) bond motifs is 1. The molecule has 1 aliphatic rings. The molecule has 15 heavy (non-hydrogen) atoms. The fourth-order valence-electron chi connectivity index (χ4n) is 1.63. The molecule has 0 radical (unpaired) electrons. The van der Waals surface area contributed by atoms with E-state index in [1.807, 2.05) is 0 Å². The quantitative estimate of drug-likeness (QED) is 0.548. The first kappa shape index (κ1) is 9.79. The van der Waals surface area contributed by atoms with Crippen molar-refractivity contribution in [2.75, 3.05) is 0 Å². The molecule has 0 saturated heterocycles. The first-order chi connectivity index (χ1) is 7.00. The second-order valence-electron chi connectivity index (χ2n) is 3.48. The predicted molar refractivity (Wildman–Crippen MR) is 49.6 cm³/mol. The van der Waals surface area contributed by atoms with E-state index in [1.165, 1.54) is 13.0 Å². The zero-order chi connectivity index (χ0) is 11.2. The highest BCUT2D eigenvalue weighted by Crippen LogP contribution is 2.37. The lowest BCUT2D eigenvalue weighted by atomic mass is 9.95. The van der Waals surface area contributed by atoms with Gasteiger partial charge in [-0.2, -0.15) is 0 Å². The van der Waals surface area contributed by atoms with Crippen LogP contribution in [0.4, 0.5) is 0 Å². The van der Waals surface area contributed by atoms with E-state index in [2.05, 4.69) is 0 Å². The van der Waals surface area contributed by atoms with Crippen LogP contribution in [0.15, 0.2) is 12.1 Å². The van der Waals surface area contributed by atoms with Gasteiger partial charge in [-0.25, -0.2) is 4.79 Å². The first-order valence-corrected chi connectivity index (χ1v) is 4.45. The number of hydrogen-bond donors (Lipinski definition) is 3. The Morgan fingerprint density at radius 1 is 1.33 bits per heavy atom. The third-order valence-electron chi connectivity index (χ3n) is 2.39. The van der Waals surface area contributed by atoms with Gasteiger partial charge in [0, 0.05) is 11.6 Å². The molecule has 0 saturated carbocycles. The van der Waals surface area contributed by atoms with Gasteiger partial charge in [-0.1, -0.05) is 0 Å². The molecule has 0 spiro atoms. The summed E-state index contributed by atoms with van der Waals surface area (Å²) in [6.07, 6.45) is -1.72. The Morgan fingerprint density at radius 2 is 2.00 bits per heavy atom. The van der Waals surface area contributed by atoms with Crippen LogP contribution in [0.25, 0.3) is 0 Å². The number of aliphatic hydroxyl groups excluding tert-OH is 1. The molecule has 1 heterocycles. The Labute approximate surface area is 85.5 Å². The van der Waals surface area contributed by atoms with Gasteiger partial charge in [0.05, 0.1) is 0 Å². The molecule has 0 bridgehead atoms. The molecule has 0 unspecified atom stereocenters. The lowest BCUT2D eigenvalue weighted by Gasteiger charge is -2.27. The van der Waals surface area contributed by atoms with Crippen molar-refractivity contribution < 1.29 is 24.9 Å². The zero-order valence-corrected chi connectivity index (χ0v) is 7.97. The van der Waals surface area contributed by atoms with Crippen LogP contribution in [0.5, 0.6) is 11.5 Å². The number of rotatable bonds is 0. The highest BCUT2D eigenvalue weighted by Gasteiger charge is 2.34. The maximum absolute atomic E-state index is 11.4. The number of hydrogen-bond acceptors (Lipinski definition) is 5. The van der Waals surface area contributed by atoms with Gasteiger partial charge >= 0.3 is 5.97 Å². The van der Waals surface area contributed by atoms with E-state index in [0.717, 1.165) is 6.07 Å². The summed E-state index contributed by atoms with van der Waals surface area (Å²) in [7, 11) is 0. The van der Waals surface area contributed by atoms with Gasteiger partial charge in [0.1, 0.15) is 29.3 Å². The van der Waals surface area contributed by atoms with Gasteiger partial charge in [0.2, 0.25) is 0 Å². The molecule has 2 atom stereocenters. The van der Waals surface area contributed by atoms with Gasteiger partial charge in [0.15, 0.2) is 0 Å². The zero-order valence-electron chi connectivity index (χ0n) is 7.97. The maximum Gasteiger partial charge on any atom is 0.342 e. The molecule has 2 rings (SSSR count). The molecule has 0 fully saturated rings. The molecule has 1 aromatic carbocycles. The molecular formula is C10H10O5. The summed E-state index contributed by atoms with van der Waals surface area (Å²) in [6.45, 7) is 1.53. The van der Waals surface area contributed by atoms with E-state index in [-0.39, 0.29) is 22.6 Å². The molecule has 0 amide bonds. The number of esters is 1. The minimum Gasteiger partial charge on any atom is -0.508 e. The molecule has 1 aromatic rings. The van der Waals surface area contributed by atoms with Gasteiger partial charge in [-0.15, -0.1) is 0 Å². The highest BCUT2D eigenvalue weighted by molar-refractivity contribution is 5.95. The van der Waals surface area contributed by atoms with Crippen molar-refractivity contribution in [3.63, 3.8) is 0 Å². The number of cyclic esters (lactones) is 1. The molecule has 1 aliphatic heterocycles. The van der Waals surface area contributed by atoms with Crippen LogP contribution in [-0.4, -0.2) is 27.4 Å². The molecule has 80 valence electrons. The van der Waals surface area contributed by atoms with Crippen LogP contribution in [0.2, 0.25) is 0 Å². The lowest BCUT2D eigenvalue weighted by molar-refractivity contribution is -0.0217. The predicted octanol–water partition coefficient (Wildman–Crippen LogP) is 0.690. The van der Waals surface area contributed by atoms with Crippen LogP contribution in [0.1, 0.15) is 28.9 Å². The lowest BCUT2D eigenvalue weighted by Crippen LogP contribution is -2.29. The third-order valence-corrected chi connectivity index (χ3v) is 2.39. The summed E-state index contributed by atoms with van der Waals surface area (Å²) >= 11 is 0. The van der Waals surface area contributed by atoms with Crippen molar-refractivity contribution in [3.05, 3.63) is 23.3 Å². The summed E-state index contributed by atoms with van der Waals surface area (Å²) in [5, 5.41) is 28.4. The van der Waals surface area contributed by atoms with Crippen molar-refractivity contribution >= 4 is 5.97 Å². The Morgan fingerprint density at radius 3 is 2.67 bits per heavy atom.